The highest BCUT2D eigenvalue weighted by Gasteiger charge is 2.20. The van der Waals surface area contributed by atoms with E-state index in [2.05, 4.69) is 53.5 Å². The van der Waals surface area contributed by atoms with Gasteiger partial charge in [-0.05, 0) is 74.7 Å². The van der Waals surface area contributed by atoms with Crippen LogP contribution in [-0.2, 0) is 25.8 Å². The molecule has 4 rings (SSSR count). The quantitative estimate of drug-likeness (QED) is 0.675. The Morgan fingerprint density at radius 1 is 1.12 bits per heavy atom. The second kappa shape index (κ2) is 7.05. The maximum atomic E-state index is 6.32. The number of rotatable bonds is 3. The Kier molecular flexibility index (Phi) is 4.76. The monoisotopic (exact) mass is 367 g/mol. The Hall–Kier alpha value is -1.84. The first kappa shape index (κ1) is 17.6. The summed E-state index contributed by atoms with van der Waals surface area (Å²) in [6, 6.07) is 8.54. The zero-order valence-electron chi connectivity index (χ0n) is 15.8. The van der Waals surface area contributed by atoms with E-state index >= 15 is 0 Å². The summed E-state index contributed by atoms with van der Waals surface area (Å²) in [6.45, 7) is 7.45. The molecule has 1 aliphatic rings. The summed E-state index contributed by atoms with van der Waals surface area (Å²) in [7, 11) is 2.22. The molecule has 0 unspecified atom stereocenters. The highest BCUT2D eigenvalue weighted by molar-refractivity contribution is 6.31. The molecular formula is C22H26ClN3. The fraction of sp³-hybridized carbons (Fsp3) is 0.409. The molecule has 1 aliphatic heterocycles. The van der Waals surface area contributed by atoms with Crippen molar-refractivity contribution in [3.63, 3.8) is 0 Å². The van der Waals surface area contributed by atoms with Gasteiger partial charge in [-0.2, -0.15) is 0 Å². The molecule has 0 aliphatic carbocycles. The summed E-state index contributed by atoms with van der Waals surface area (Å²) in [5, 5.41) is 2.16. The van der Waals surface area contributed by atoms with Gasteiger partial charge < -0.3 is 9.47 Å². The largest absolute Gasteiger partial charge is 0.344 e. The predicted molar refractivity (Wildman–Crippen MR) is 109 cm³/mol. The lowest BCUT2D eigenvalue weighted by atomic mass is 10.1. The lowest BCUT2D eigenvalue weighted by Crippen LogP contribution is -2.21. The SMILES string of the molecule is Cc1cc(C)c(CCn2c3c(c4cc(Cl)ccc42)CCN(C)CC3)cn1. The van der Waals surface area contributed by atoms with Gasteiger partial charge in [0.05, 0.1) is 0 Å². The molecule has 0 radical (unpaired) electrons. The van der Waals surface area contributed by atoms with Gasteiger partial charge >= 0.3 is 0 Å². The highest BCUT2D eigenvalue weighted by Crippen LogP contribution is 2.31. The van der Waals surface area contributed by atoms with Crippen LogP contribution in [0.3, 0.4) is 0 Å². The maximum Gasteiger partial charge on any atom is 0.0486 e. The third-order valence-corrected chi connectivity index (χ3v) is 5.92. The zero-order valence-corrected chi connectivity index (χ0v) is 16.6. The van der Waals surface area contributed by atoms with E-state index in [1.807, 2.05) is 12.3 Å². The normalized spacial score (nSPS) is 15.2. The molecule has 0 atom stereocenters. The Bertz CT molecular complexity index is 958. The smallest absolute Gasteiger partial charge is 0.0486 e. The van der Waals surface area contributed by atoms with Crippen molar-refractivity contribution in [1.82, 2.24) is 14.5 Å². The van der Waals surface area contributed by atoms with Gasteiger partial charge in [0, 0.05) is 59.6 Å². The number of fused-ring (bicyclic) bond motifs is 3. The summed E-state index contributed by atoms with van der Waals surface area (Å²) >= 11 is 6.32. The molecule has 0 fully saturated rings. The van der Waals surface area contributed by atoms with Gasteiger partial charge in [0.25, 0.3) is 0 Å². The predicted octanol–water partition coefficient (Wildman–Crippen LogP) is 4.58. The summed E-state index contributed by atoms with van der Waals surface area (Å²) in [5.41, 5.74) is 8.06. The van der Waals surface area contributed by atoms with Gasteiger partial charge in [0.15, 0.2) is 0 Å². The molecule has 2 aromatic heterocycles. The van der Waals surface area contributed by atoms with Crippen LogP contribution >= 0.6 is 11.6 Å². The Balaban J connectivity index is 1.74. The molecule has 0 N–H and O–H groups in total. The Morgan fingerprint density at radius 3 is 2.73 bits per heavy atom. The van der Waals surface area contributed by atoms with Gasteiger partial charge in [-0.3, -0.25) is 4.98 Å². The van der Waals surface area contributed by atoms with Crippen molar-refractivity contribution in [3.05, 3.63) is 63.6 Å². The highest BCUT2D eigenvalue weighted by atomic mass is 35.5. The third-order valence-electron chi connectivity index (χ3n) is 5.68. The van der Waals surface area contributed by atoms with E-state index in [0.29, 0.717) is 0 Å². The van der Waals surface area contributed by atoms with E-state index in [1.54, 1.807) is 0 Å². The molecule has 0 spiro atoms. The van der Waals surface area contributed by atoms with E-state index in [9.17, 15) is 0 Å². The second-order valence-corrected chi connectivity index (χ2v) is 7.98. The van der Waals surface area contributed by atoms with Crippen molar-refractivity contribution in [3.8, 4) is 0 Å². The van der Waals surface area contributed by atoms with E-state index in [0.717, 1.165) is 49.6 Å². The Morgan fingerprint density at radius 2 is 1.92 bits per heavy atom. The minimum atomic E-state index is 0.827. The van der Waals surface area contributed by atoms with Crippen molar-refractivity contribution in [2.45, 2.75) is 39.7 Å². The molecule has 26 heavy (non-hydrogen) atoms. The minimum Gasteiger partial charge on any atom is -0.344 e. The number of hydrogen-bond donors (Lipinski definition) is 0. The molecule has 4 heteroatoms. The average molecular weight is 368 g/mol. The first-order valence-corrected chi connectivity index (χ1v) is 9.81. The van der Waals surface area contributed by atoms with Crippen LogP contribution in [-0.4, -0.2) is 34.6 Å². The van der Waals surface area contributed by atoms with Crippen molar-refractivity contribution < 1.29 is 0 Å². The fourth-order valence-corrected chi connectivity index (χ4v) is 4.37. The van der Waals surface area contributed by atoms with Gasteiger partial charge in [0.1, 0.15) is 0 Å². The number of aryl methyl sites for hydroxylation is 4. The summed E-state index contributed by atoms with van der Waals surface area (Å²) in [6.07, 6.45) is 5.25. The molecule has 3 heterocycles. The standard InChI is InChI=1S/C22H26ClN3/c1-15-12-16(2)24-14-17(15)6-11-26-21-5-4-18(23)13-20(21)19-7-9-25(3)10-8-22(19)26/h4-5,12-14H,6-11H2,1-3H3. The molecular weight excluding hydrogens is 342 g/mol. The van der Waals surface area contributed by atoms with Gasteiger partial charge in [-0.15, -0.1) is 0 Å². The van der Waals surface area contributed by atoms with Gasteiger partial charge in [0.2, 0.25) is 0 Å². The van der Waals surface area contributed by atoms with Crippen LogP contribution in [0.2, 0.25) is 5.02 Å². The van der Waals surface area contributed by atoms with E-state index < -0.39 is 0 Å². The molecule has 0 amide bonds. The number of likely N-dealkylation sites (N-methyl/N-ethyl adjacent to an activating group) is 1. The lowest BCUT2D eigenvalue weighted by molar-refractivity contribution is 0.351. The van der Waals surface area contributed by atoms with E-state index in [4.69, 9.17) is 11.6 Å². The van der Waals surface area contributed by atoms with Crippen LogP contribution < -0.4 is 0 Å². The first-order chi connectivity index (χ1) is 12.5. The van der Waals surface area contributed by atoms with Crippen LogP contribution in [0.25, 0.3) is 10.9 Å². The van der Waals surface area contributed by atoms with Gasteiger partial charge in [-0.25, -0.2) is 0 Å². The number of benzene rings is 1. The fourth-order valence-electron chi connectivity index (χ4n) is 4.20. The molecule has 0 bridgehead atoms. The van der Waals surface area contributed by atoms with Crippen LogP contribution in [0.1, 0.15) is 28.1 Å². The lowest BCUT2D eigenvalue weighted by Gasteiger charge is -2.14. The van der Waals surface area contributed by atoms with Crippen molar-refractivity contribution in [2.75, 3.05) is 20.1 Å². The van der Waals surface area contributed by atoms with Crippen molar-refractivity contribution in [2.24, 2.45) is 0 Å². The third kappa shape index (κ3) is 3.26. The van der Waals surface area contributed by atoms with Crippen molar-refractivity contribution >= 4 is 22.5 Å². The molecule has 3 aromatic rings. The van der Waals surface area contributed by atoms with Crippen LogP contribution in [0.5, 0.6) is 0 Å². The maximum absolute atomic E-state index is 6.32. The summed E-state index contributed by atoms with van der Waals surface area (Å²) in [4.78, 5) is 6.92. The molecule has 3 nitrogen and oxygen atoms in total. The molecule has 0 saturated carbocycles. The number of nitrogens with zero attached hydrogens (tertiary/aromatic N) is 3. The first-order valence-electron chi connectivity index (χ1n) is 9.43. The van der Waals surface area contributed by atoms with E-state index in [-0.39, 0.29) is 0 Å². The number of hydrogen-bond acceptors (Lipinski definition) is 2. The summed E-state index contributed by atoms with van der Waals surface area (Å²) < 4.78 is 2.53. The van der Waals surface area contributed by atoms with Crippen LogP contribution in [0, 0.1) is 13.8 Å². The molecule has 136 valence electrons. The topological polar surface area (TPSA) is 21.1 Å². The number of halogens is 1. The second-order valence-electron chi connectivity index (χ2n) is 7.54. The summed E-state index contributed by atoms with van der Waals surface area (Å²) in [5.74, 6) is 0. The molecule has 1 aromatic carbocycles. The van der Waals surface area contributed by atoms with Gasteiger partial charge in [-0.1, -0.05) is 11.6 Å². The minimum absolute atomic E-state index is 0.827. The number of aromatic nitrogens is 2. The number of pyridine rings is 1. The average Bonchev–Trinajstić information content (AvgIpc) is 2.74. The van der Waals surface area contributed by atoms with Crippen LogP contribution in [0.4, 0.5) is 0 Å². The van der Waals surface area contributed by atoms with E-state index in [1.165, 1.54) is 33.3 Å². The van der Waals surface area contributed by atoms with Crippen LogP contribution in [0.15, 0.2) is 30.5 Å². The Labute approximate surface area is 160 Å². The molecule has 0 saturated heterocycles. The zero-order chi connectivity index (χ0) is 18.3. The van der Waals surface area contributed by atoms with Crippen molar-refractivity contribution in [1.29, 1.82) is 0 Å².